The van der Waals surface area contributed by atoms with Gasteiger partial charge in [0.2, 0.25) is 0 Å². The van der Waals surface area contributed by atoms with Gasteiger partial charge in [0.05, 0.1) is 12.3 Å². The number of sulfone groups is 1. The third-order valence-electron chi connectivity index (χ3n) is 4.84. The van der Waals surface area contributed by atoms with Crippen LogP contribution in [0.1, 0.15) is 43.0 Å². The lowest BCUT2D eigenvalue weighted by atomic mass is 9.84. The Kier molecular flexibility index (Phi) is 8.01. The van der Waals surface area contributed by atoms with Crippen molar-refractivity contribution in [1.29, 1.82) is 0 Å². The van der Waals surface area contributed by atoms with Gasteiger partial charge < -0.3 is 10.6 Å². The van der Waals surface area contributed by atoms with Gasteiger partial charge in [-0.2, -0.15) is 0 Å². The van der Waals surface area contributed by atoms with Gasteiger partial charge in [-0.1, -0.05) is 49.7 Å². The molecule has 2 aromatic rings. The Morgan fingerprint density at radius 2 is 1.83 bits per heavy atom. The number of halogens is 1. The first kappa shape index (κ1) is 23.9. The third kappa shape index (κ3) is 7.44. The van der Waals surface area contributed by atoms with Gasteiger partial charge >= 0.3 is 0 Å². The second-order valence-corrected chi connectivity index (χ2v) is 10.4. The Morgan fingerprint density at radius 1 is 1.10 bits per heavy atom. The Hall–Kier alpha value is -2.41. The highest BCUT2D eigenvalue weighted by molar-refractivity contribution is 7.89. The molecule has 2 aromatic carbocycles. The third-order valence-corrected chi connectivity index (χ3v) is 5.67. The van der Waals surface area contributed by atoms with Crippen LogP contribution in [0.2, 0.25) is 0 Å². The molecule has 2 rings (SSSR count). The summed E-state index contributed by atoms with van der Waals surface area (Å²) >= 11 is 0. The molecule has 0 aliphatic heterocycles. The Balaban J connectivity index is 2.18. The van der Waals surface area contributed by atoms with Gasteiger partial charge in [-0.15, -0.1) is 0 Å². The maximum absolute atomic E-state index is 13.7. The molecule has 0 unspecified atom stereocenters. The minimum Gasteiger partial charge on any atom is -0.357 e. The van der Waals surface area contributed by atoms with Crippen molar-refractivity contribution >= 4 is 15.8 Å². The minimum absolute atomic E-state index is 0.123. The fraction of sp³-hybridized carbons (Fsp3) is 0.435. The van der Waals surface area contributed by atoms with E-state index in [4.69, 9.17) is 0 Å². The zero-order valence-electron chi connectivity index (χ0n) is 18.4. The summed E-state index contributed by atoms with van der Waals surface area (Å²) in [6.07, 6.45) is 1.17. The minimum atomic E-state index is -3.23. The molecule has 0 heterocycles. The summed E-state index contributed by atoms with van der Waals surface area (Å²) in [4.78, 5) is 4.56. The fourth-order valence-corrected chi connectivity index (χ4v) is 3.99. The molecule has 0 spiro atoms. The first-order valence-corrected chi connectivity index (χ1v) is 12.1. The molecular formula is C23H32FN3O2S. The Morgan fingerprint density at radius 3 is 2.47 bits per heavy atom. The van der Waals surface area contributed by atoms with E-state index in [1.807, 2.05) is 6.92 Å². The van der Waals surface area contributed by atoms with Gasteiger partial charge in [-0.3, -0.25) is 0 Å². The van der Waals surface area contributed by atoms with Crippen LogP contribution in [-0.2, 0) is 27.5 Å². The van der Waals surface area contributed by atoms with E-state index in [0.29, 0.717) is 30.2 Å². The fourth-order valence-electron chi connectivity index (χ4n) is 3.14. The summed E-state index contributed by atoms with van der Waals surface area (Å²) in [6.45, 7) is 9.89. The summed E-state index contributed by atoms with van der Waals surface area (Å²) in [5.74, 6) is 0.0615. The average molecular weight is 434 g/mol. The second-order valence-electron chi connectivity index (χ2n) is 8.29. The number of hydrogen-bond donors (Lipinski definition) is 2. The summed E-state index contributed by atoms with van der Waals surface area (Å²) in [6, 6.07) is 12.6. The van der Waals surface area contributed by atoms with Gasteiger partial charge in [0.15, 0.2) is 15.8 Å². The molecule has 30 heavy (non-hydrogen) atoms. The summed E-state index contributed by atoms with van der Waals surface area (Å²) in [5.41, 5.74) is 3.45. The van der Waals surface area contributed by atoms with Gasteiger partial charge in [-0.25, -0.2) is 17.8 Å². The van der Waals surface area contributed by atoms with E-state index >= 15 is 0 Å². The van der Waals surface area contributed by atoms with E-state index < -0.39 is 15.7 Å². The van der Waals surface area contributed by atoms with Crippen LogP contribution < -0.4 is 10.6 Å². The zero-order chi connectivity index (χ0) is 22.4. The van der Waals surface area contributed by atoms with Crippen LogP contribution in [0.4, 0.5) is 4.39 Å². The van der Waals surface area contributed by atoms with Crippen molar-refractivity contribution in [2.75, 3.05) is 19.3 Å². The molecule has 0 amide bonds. The quantitative estimate of drug-likeness (QED) is 0.492. The summed E-state index contributed by atoms with van der Waals surface area (Å²) in [7, 11) is -3.23. The molecular weight excluding hydrogens is 401 g/mol. The Bertz CT molecular complexity index is 1000. The standard InChI is InChI=1S/C23H32FN3O2S/c1-6-25-22(27-16-23(3,4)20-9-7-8-17(2)12-20)26-14-19-13-21(24)11-10-18(19)15-30(5,28)29/h7-13H,6,14-16H2,1-5H3,(H2,25,26,27). The van der Waals surface area contributed by atoms with Crippen molar-refractivity contribution in [3.63, 3.8) is 0 Å². The van der Waals surface area contributed by atoms with Crippen LogP contribution in [0, 0.1) is 12.7 Å². The molecule has 0 atom stereocenters. The van der Waals surface area contributed by atoms with Crippen molar-refractivity contribution < 1.29 is 12.8 Å². The molecule has 0 saturated heterocycles. The first-order chi connectivity index (χ1) is 14.0. The molecule has 0 radical (unpaired) electrons. The zero-order valence-corrected chi connectivity index (χ0v) is 19.2. The Labute approximate surface area is 179 Å². The number of aliphatic imine (C=N–C) groups is 1. The monoisotopic (exact) mass is 433 g/mol. The van der Waals surface area contributed by atoms with Crippen molar-refractivity contribution in [3.8, 4) is 0 Å². The predicted molar refractivity (Wildman–Crippen MR) is 122 cm³/mol. The molecule has 0 saturated carbocycles. The highest BCUT2D eigenvalue weighted by Crippen LogP contribution is 2.23. The lowest BCUT2D eigenvalue weighted by Crippen LogP contribution is -2.43. The molecule has 2 N–H and O–H groups in total. The number of rotatable bonds is 8. The number of nitrogens with one attached hydrogen (secondary N) is 2. The van der Waals surface area contributed by atoms with E-state index in [2.05, 4.69) is 60.7 Å². The number of aryl methyl sites for hydroxylation is 1. The van der Waals surface area contributed by atoms with Gasteiger partial charge in [0, 0.05) is 24.8 Å². The molecule has 0 aromatic heterocycles. The highest BCUT2D eigenvalue weighted by atomic mass is 32.2. The normalized spacial score (nSPS) is 12.7. The number of hydrogen-bond acceptors (Lipinski definition) is 3. The summed E-state index contributed by atoms with van der Waals surface area (Å²) < 4.78 is 37.1. The molecule has 0 bridgehead atoms. The maximum atomic E-state index is 13.7. The van der Waals surface area contributed by atoms with E-state index in [0.717, 1.165) is 0 Å². The molecule has 0 aliphatic carbocycles. The van der Waals surface area contributed by atoms with Crippen LogP contribution in [0.3, 0.4) is 0 Å². The van der Waals surface area contributed by atoms with E-state index in [1.165, 1.54) is 35.6 Å². The maximum Gasteiger partial charge on any atom is 0.191 e. The number of benzene rings is 2. The molecule has 164 valence electrons. The van der Waals surface area contributed by atoms with E-state index in [-0.39, 0.29) is 17.7 Å². The van der Waals surface area contributed by atoms with Crippen LogP contribution >= 0.6 is 0 Å². The lowest BCUT2D eigenvalue weighted by molar-refractivity contribution is 0.508. The average Bonchev–Trinajstić information content (AvgIpc) is 2.65. The van der Waals surface area contributed by atoms with E-state index in [9.17, 15) is 12.8 Å². The van der Waals surface area contributed by atoms with Crippen LogP contribution in [-0.4, -0.2) is 33.7 Å². The van der Waals surface area contributed by atoms with Crippen molar-refractivity contribution in [3.05, 3.63) is 70.5 Å². The second kappa shape index (κ2) is 10.1. The first-order valence-electron chi connectivity index (χ1n) is 10.0. The lowest BCUT2D eigenvalue weighted by Gasteiger charge is -2.27. The van der Waals surface area contributed by atoms with Crippen molar-refractivity contribution in [1.82, 2.24) is 10.6 Å². The van der Waals surface area contributed by atoms with Crippen LogP contribution in [0.15, 0.2) is 47.5 Å². The molecule has 7 heteroatoms. The van der Waals surface area contributed by atoms with Crippen LogP contribution in [0.5, 0.6) is 0 Å². The van der Waals surface area contributed by atoms with E-state index in [1.54, 1.807) is 0 Å². The molecule has 5 nitrogen and oxygen atoms in total. The van der Waals surface area contributed by atoms with Gasteiger partial charge in [0.25, 0.3) is 0 Å². The van der Waals surface area contributed by atoms with Gasteiger partial charge in [-0.05, 0) is 42.7 Å². The molecule has 0 aliphatic rings. The summed E-state index contributed by atoms with van der Waals surface area (Å²) in [5, 5.41) is 6.56. The van der Waals surface area contributed by atoms with Crippen LogP contribution in [0.25, 0.3) is 0 Å². The predicted octanol–water partition coefficient (Wildman–Crippen LogP) is 3.71. The largest absolute Gasteiger partial charge is 0.357 e. The SMILES string of the molecule is CCNC(=NCc1cc(F)ccc1CS(C)(=O)=O)NCC(C)(C)c1cccc(C)c1. The van der Waals surface area contributed by atoms with Gasteiger partial charge in [0.1, 0.15) is 5.82 Å². The topological polar surface area (TPSA) is 70.6 Å². The highest BCUT2D eigenvalue weighted by Gasteiger charge is 2.21. The molecule has 0 fully saturated rings. The van der Waals surface area contributed by atoms with Crippen molar-refractivity contribution in [2.45, 2.75) is 45.4 Å². The smallest absolute Gasteiger partial charge is 0.191 e. The number of guanidine groups is 1. The van der Waals surface area contributed by atoms with Crippen molar-refractivity contribution in [2.24, 2.45) is 4.99 Å². The number of nitrogens with zero attached hydrogens (tertiary/aromatic N) is 1.